The second-order valence-corrected chi connectivity index (χ2v) is 20.2. The summed E-state index contributed by atoms with van der Waals surface area (Å²) in [5.74, 6) is 7.97. The van der Waals surface area contributed by atoms with Crippen molar-refractivity contribution >= 4 is 18.1 Å². The summed E-state index contributed by atoms with van der Waals surface area (Å²) in [4.78, 5) is 17.4. The van der Waals surface area contributed by atoms with Crippen LogP contribution in [0.5, 0.6) is 0 Å². The van der Waals surface area contributed by atoms with Gasteiger partial charge < -0.3 is 24.9 Å². The zero-order valence-electron chi connectivity index (χ0n) is 33.4. The molecule has 11 aliphatic rings. The van der Waals surface area contributed by atoms with Gasteiger partial charge in [-0.3, -0.25) is 10.3 Å². The largest absolute Gasteiger partial charge is 0.352 e. The zero-order chi connectivity index (χ0) is 36.9. The molecule has 14 rings (SSSR count). The maximum atomic E-state index is 5.20. The van der Waals surface area contributed by atoms with Gasteiger partial charge in [0.1, 0.15) is 11.6 Å². The van der Waals surface area contributed by atoms with Crippen molar-refractivity contribution < 1.29 is 0 Å². The van der Waals surface area contributed by atoms with E-state index in [0.29, 0.717) is 71.9 Å². The number of benzene rings is 2. The van der Waals surface area contributed by atoms with Crippen molar-refractivity contribution in [2.24, 2.45) is 17.8 Å². The van der Waals surface area contributed by atoms with Gasteiger partial charge in [0.2, 0.25) is 0 Å². The minimum Gasteiger partial charge on any atom is -0.352 e. The van der Waals surface area contributed by atoms with Crippen LogP contribution in [-0.2, 0) is 0 Å². The fraction of sp³-hybridized carbons (Fsp3) is 0.571. The topological polar surface area (TPSA) is 49.9 Å². The second kappa shape index (κ2) is 12.4. The summed E-state index contributed by atoms with van der Waals surface area (Å²) in [6.07, 6.45) is 18.5. The molecule has 1 aromatic heterocycles. The quantitative estimate of drug-likeness (QED) is 0.262. The Morgan fingerprint density at radius 3 is 2.07 bits per heavy atom. The van der Waals surface area contributed by atoms with Crippen molar-refractivity contribution in [3.63, 3.8) is 0 Å². The Bertz CT molecular complexity index is 2000. The lowest BCUT2D eigenvalue weighted by Gasteiger charge is -2.68. The highest BCUT2D eigenvalue weighted by molar-refractivity contribution is 6.65. The molecule has 7 nitrogen and oxygen atoms in total. The van der Waals surface area contributed by atoms with Crippen LogP contribution in [0.25, 0.3) is 0 Å². The molecular weight excluding hydrogens is 697 g/mol. The van der Waals surface area contributed by atoms with Crippen LogP contribution in [0.1, 0.15) is 88.7 Å². The summed E-state index contributed by atoms with van der Waals surface area (Å²) in [5, 5.41) is 8.44. The molecule has 0 spiro atoms. The van der Waals surface area contributed by atoms with Crippen LogP contribution in [0.15, 0.2) is 108 Å². The molecule has 0 radical (unpaired) electrons. The molecule has 14 unspecified atom stereocenters. The number of para-hydroxylation sites is 2. The van der Waals surface area contributed by atoms with Crippen molar-refractivity contribution in [3.05, 3.63) is 114 Å². The van der Waals surface area contributed by atoms with Gasteiger partial charge in [-0.2, -0.15) is 0 Å². The third kappa shape index (κ3) is 4.35. The van der Waals surface area contributed by atoms with E-state index in [-0.39, 0.29) is 0 Å². The van der Waals surface area contributed by atoms with E-state index >= 15 is 0 Å². The monoisotopic (exact) mass is 755 g/mol. The van der Waals surface area contributed by atoms with Gasteiger partial charge >= 0.3 is 0 Å². The predicted molar refractivity (Wildman–Crippen MR) is 228 cm³/mol. The van der Waals surface area contributed by atoms with E-state index < -0.39 is 0 Å². The van der Waals surface area contributed by atoms with E-state index in [2.05, 4.69) is 115 Å². The van der Waals surface area contributed by atoms with Gasteiger partial charge in [-0.15, -0.1) is 0 Å². The smallest absolute Gasteiger partial charge is 0.159 e. The maximum Gasteiger partial charge on any atom is 0.159 e. The highest BCUT2D eigenvalue weighted by Crippen LogP contribution is 2.70. The Kier molecular flexibility index (Phi) is 7.20. The van der Waals surface area contributed by atoms with Crippen LogP contribution in [0.2, 0.25) is 17.5 Å². The van der Waals surface area contributed by atoms with Crippen LogP contribution in [0.4, 0.5) is 11.4 Å². The number of hydrogen-bond acceptors (Lipinski definition) is 7. The van der Waals surface area contributed by atoms with Crippen molar-refractivity contribution in [3.8, 4) is 0 Å². The molecule has 3 aliphatic carbocycles. The summed E-state index contributed by atoms with van der Waals surface area (Å²) in [7, 11) is 0. The van der Waals surface area contributed by atoms with E-state index in [1.165, 1.54) is 101 Å². The zero-order valence-corrected chi connectivity index (χ0v) is 33.4. The molecule has 9 heterocycles. The summed E-state index contributed by atoms with van der Waals surface area (Å²) in [5.41, 5.74) is 7.84. The molecule has 0 amide bonds. The molecule has 0 bridgehead atoms. The Hall–Kier alpha value is -3.75. The van der Waals surface area contributed by atoms with Crippen molar-refractivity contribution in [2.75, 3.05) is 22.9 Å². The Balaban J connectivity index is 0.975. The average Bonchev–Trinajstić information content (AvgIpc) is 4.00. The molecular formula is C49H58BN7. The van der Waals surface area contributed by atoms with Crippen LogP contribution >= 0.6 is 0 Å². The molecule has 7 fully saturated rings. The van der Waals surface area contributed by atoms with Crippen LogP contribution in [0.3, 0.4) is 0 Å². The number of anilines is 2. The third-order valence-corrected chi connectivity index (χ3v) is 18.2. The molecule has 3 saturated carbocycles. The van der Waals surface area contributed by atoms with Gasteiger partial charge in [0.25, 0.3) is 0 Å². The number of piperidine rings is 2. The molecule has 2 N–H and O–H groups in total. The lowest BCUT2D eigenvalue weighted by Crippen LogP contribution is -2.74. The van der Waals surface area contributed by atoms with Gasteiger partial charge in [-0.1, -0.05) is 68.1 Å². The Morgan fingerprint density at radius 1 is 0.561 bits per heavy atom. The first-order valence-electron chi connectivity index (χ1n) is 23.5. The van der Waals surface area contributed by atoms with Gasteiger partial charge in [0.15, 0.2) is 6.71 Å². The van der Waals surface area contributed by atoms with Gasteiger partial charge in [-0.25, -0.2) is 0 Å². The van der Waals surface area contributed by atoms with Gasteiger partial charge in [0, 0.05) is 77.1 Å². The first kappa shape index (κ1) is 33.1. The Morgan fingerprint density at radius 2 is 1.26 bits per heavy atom. The van der Waals surface area contributed by atoms with Gasteiger partial charge in [0.05, 0.1) is 12.2 Å². The Labute approximate surface area is 339 Å². The molecule has 8 aliphatic heterocycles. The van der Waals surface area contributed by atoms with Crippen molar-refractivity contribution in [1.29, 1.82) is 0 Å². The summed E-state index contributed by atoms with van der Waals surface area (Å²) < 4.78 is 0. The second-order valence-electron chi connectivity index (χ2n) is 20.2. The predicted octanol–water partition coefficient (Wildman–Crippen LogP) is 8.21. The van der Waals surface area contributed by atoms with E-state index in [1.54, 1.807) is 11.6 Å². The number of fused-ring (bicyclic) bond motifs is 12. The first-order chi connectivity index (χ1) is 28.3. The molecule has 3 aromatic rings. The van der Waals surface area contributed by atoms with E-state index in [1.807, 2.05) is 11.1 Å². The summed E-state index contributed by atoms with van der Waals surface area (Å²) in [6, 6.07) is 33.4. The van der Waals surface area contributed by atoms with E-state index in [4.69, 9.17) is 4.98 Å². The number of pyridine rings is 1. The number of hydrogen-bond donors (Lipinski definition) is 2. The van der Waals surface area contributed by atoms with Crippen molar-refractivity contribution in [1.82, 2.24) is 25.4 Å². The van der Waals surface area contributed by atoms with E-state index in [0.717, 1.165) is 24.9 Å². The first-order valence-corrected chi connectivity index (χ1v) is 23.5. The third-order valence-electron chi connectivity index (χ3n) is 18.2. The molecule has 4 saturated heterocycles. The number of rotatable bonds is 3. The van der Waals surface area contributed by atoms with Crippen molar-refractivity contribution in [2.45, 2.75) is 143 Å². The summed E-state index contributed by atoms with van der Waals surface area (Å²) in [6.45, 7) is 3.12. The minimum atomic E-state index is 0.379. The molecule has 2 aromatic carbocycles. The van der Waals surface area contributed by atoms with Gasteiger partial charge in [-0.05, 0) is 129 Å². The normalized spacial score (nSPS) is 42.0. The number of aromatic nitrogens is 1. The van der Waals surface area contributed by atoms with Crippen LogP contribution in [-0.4, -0.2) is 77.0 Å². The lowest BCUT2D eigenvalue weighted by molar-refractivity contribution is 0.0126. The fourth-order valence-corrected chi connectivity index (χ4v) is 16.8. The minimum absolute atomic E-state index is 0.379. The van der Waals surface area contributed by atoms with Crippen LogP contribution < -0.4 is 20.4 Å². The standard InChI is InChI=1S/C49H58BN7/c1-3-13-30(14-4-1)54-38-22-8-7-17-32(38)42-44-46-36(23-26-52-44)50-35-20-11-18-33-41-34-19-12-25-53-47(34)55(31-15-5-2-6-16-31)48(41)56(45(33)35)39-27-29(37-21-9-10-24-51-37)28-40(43(39)50)57(46)49(42)54/h1-6,9-10,13-16,21,24,29,32-36,38-40,43-47,52-53H,7-8,11-12,17-20,22-23,25-28H2. The fourth-order valence-electron chi connectivity index (χ4n) is 16.8. The average molecular weight is 756 g/mol. The highest BCUT2D eigenvalue weighted by atomic mass is 15.5. The number of nitrogens with one attached hydrogen (secondary N) is 2. The molecule has 14 atom stereocenters. The maximum absolute atomic E-state index is 5.20. The lowest BCUT2D eigenvalue weighted by atomic mass is 9.18. The molecule has 57 heavy (non-hydrogen) atoms. The summed E-state index contributed by atoms with van der Waals surface area (Å²) >= 11 is 0. The number of nitrogens with zero attached hydrogens (tertiary/aromatic N) is 5. The van der Waals surface area contributed by atoms with E-state index in [9.17, 15) is 0 Å². The molecule has 292 valence electrons. The highest BCUT2D eigenvalue weighted by Gasteiger charge is 2.72. The van der Waals surface area contributed by atoms with Crippen LogP contribution in [0, 0.1) is 17.8 Å². The SMILES string of the molecule is c1ccc(N2C3=C(C4CCCCC42)C2NCCC4B5C6CCCC7C8=C(N(c9ccccc9)C9NCCCC89)N(C8CC(c9ccccn9)CC(C58)N3C42)C67)cc1. The molecule has 8 heteroatoms.